The number of hydrogen-bond acceptors (Lipinski definition) is 2. The molecule has 2 N–H and O–H groups in total. The van der Waals surface area contributed by atoms with Gasteiger partial charge >= 0.3 is 0 Å². The highest BCUT2D eigenvalue weighted by Gasteiger charge is 2.31. The molecule has 0 heterocycles. The first-order valence-corrected chi connectivity index (χ1v) is 6.87. The quantitative estimate of drug-likeness (QED) is 0.828. The first-order chi connectivity index (χ1) is 8.89. The standard InChI is InChI=1S/C16H25NO2/c1-12(2)14(10-11-18)17-15(19)16(3,4)13-8-6-5-7-9-13/h5-9,12,14,18H,10-11H2,1-4H3,(H,17,19). The van der Waals surface area contributed by atoms with Crippen molar-refractivity contribution in [1.82, 2.24) is 5.32 Å². The molecule has 1 aromatic carbocycles. The predicted molar refractivity (Wildman–Crippen MR) is 77.9 cm³/mol. The van der Waals surface area contributed by atoms with Gasteiger partial charge in [0.2, 0.25) is 5.91 Å². The number of carbonyl (C=O) groups excluding carboxylic acids is 1. The molecular formula is C16H25NO2. The van der Waals surface area contributed by atoms with E-state index in [0.717, 1.165) is 5.56 Å². The van der Waals surface area contributed by atoms with Crippen LogP contribution in [-0.4, -0.2) is 23.7 Å². The molecule has 3 nitrogen and oxygen atoms in total. The molecule has 19 heavy (non-hydrogen) atoms. The van der Waals surface area contributed by atoms with Crippen molar-refractivity contribution in [2.75, 3.05) is 6.61 Å². The van der Waals surface area contributed by atoms with Gasteiger partial charge in [-0.05, 0) is 31.7 Å². The van der Waals surface area contributed by atoms with Gasteiger partial charge in [0.1, 0.15) is 0 Å². The van der Waals surface area contributed by atoms with Crippen LogP contribution in [0.15, 0.2) is 30.3 Å². The van der Waals surface area contributed by atoms with E-state index in [1.807, 2.05) is 44.2 Å². The molecule has 0 aliphatic heterocycles. The lowest BCUT2D eigenvalue weighted by atomic mass is 9.83. The lowest BCUT2D eigenvalue weighted by Gasteiger charge is -2.29. The van der Waals surface area contributed by atoms with Crippen LogP contribution in [0.25, 0.3) is 0 Å². The molecule has 0 aromatic heterocycles. The molecule has 0 fully saturated rings. The lowest BCUT2D eigenvalue weighted by Crippen LogP contribution is -2.47. The largest absolute Gasteiger partial charge is 0.396 e. The monoisotopic (exact) mass is 263 g/mol. The van der Waals surface area contributed by atoms with Crippen molar-refractivity contribution < 1.29 is 9.90 Å². The van der Waals surface area contributed by atoms with E-state index in [2.05, 4.69) is 19.2 Å². The van der Waals surface area contributed by atoms with Gasteiger partial charge in [-0.15, -0.1) is 0 Å². The van der Waals surface area contributed by atoms with E-state index in [4.69, 9.17) is 5.11 Å². The fourth-order valence-corrected chi connectivity index (χ4v) is 2.05. The van der Waals surface area contributed by atoms with Crippen LogP contribution in [-0.2, 0) is 10.2 Å². The van der Waals surface area contributed by atoms with Crippen molar-refractivity contribution in [3.8, 4) is 0 Å². The molecule has 1 atom stereocenters. The van der Waals surface area contributed by atoms with Crippen molar-refractivity contribution in [1.29, 1.82) is 0 Å². The Morgan fingerprint density at radius 2 is 1.84 bits per heavy atom. The van der Waals surface area contributed by atoms with Crippen LogP contribution < -0.4 is 5.32 Å². The average molecular weight is 263 g/mol. The Morgan fingerprint density at radius 3 is 2.32 bits per heavy atom. The Labute approximate surface area is 116 Å². The lowest BCUT2D eigenvalue weighted by molar-refractivity contribution is -0.126. The van der Waals surface area contributed by atoms with Gasteiger partial charge in [-0.25, -0.2) is 0 Å². The van der Waals surface area contributed by atoms with Crippen LogP contribution in [0.1, 0.15) is 39.7 Å². The summed E-state index contributed by atoms with van der Waals surface area (Å²) < 4.78 is 0. The number of amides is 1. The van der Waals surface area contributed by atoms with E-state index >= 15 is 0 Å². The molecule has 0 aliphatic carbocycles. The van der Waals surface area contributed by atoms with Gasteiger partial charge in [0.15, 0.2) is 0 Å². The van der Waals surface area contributed by atoms with Crippen molar-refractivity contribution in [2.45, 2.75) is 45.6 Å². The normalized spacial score (nSPS) is 13.4. The summed E-state index contributed by atoms with van der Waals surface area (Å²) in [5, 5.41) is 12.1. The molecule has 0 radical (unpaired) electrons. The van der Waals surface area contributed by atoms with Gasteiger partial charge in [-0.2, -0.15) is 0 Å². The molecule has 0 saturated carbocycles. The van der Waals surface area contributed by atoms with Crippen LogP contribution in [0.5, 0.6) is 0 Å². The van der Waals surface area contributed by atoms with Gasteiger partial charge in [0, 0.05) is 12.6 Å². The average Bonchev–Trinajstić information content (AvgIpc) is 2.38. The summed E-state index contributed by atoms with van der Waals surface area (Å²) in [5.74, 6) is 0.313. The summed E-state index contributed by atoms with van der Waals surface area (Å²) in [6.07, 6.45) is 0.592. The van der Waals surface area contributed by atoms with E-state index < -0.39 is 5.41 Å². The molecular weight excluding hydrogens is 238 g/mol. The number of aliphatic hydroxyl groups excluding tert-OH is 1. The minimum Gasteiger partial charge on any atom is -0.396 e. The van der Waals surface area contributed by atoms with E-state index in [1.54, 1.807) is 0 Å². The Morgan fingerprint density at radius 1 is 1.26 bits per heavy atom. The van der Waals surface area contributed by atoms with Gasteiger partial charge in [0.25, 0.3) is 0 Å². The van der Waals surface area contributed by atoms with E-state index in [9.17, 15) is 4.79 Å². The SMILES string of the molecule is CC(C)C(CCO)NC(=O)C(C)(C)c1ccccc1. The zero-order valence-electron chi connectivity index (χ0n) is 12.3. The summed E-state index contributed by atoms with van der Waals surface area (Å²) in [5.41, 5.74) is 0.433. The smallest absolute Gasteiger partial charge is 0.230 e. The number of benzene rings is 1. The Bertz CT molecular complexity index is 398. The second-order valence-electron chi connectivity index (χ2n) is 5.83. The third-order valence-electron chi connectivity index (χ3n) is 3.62. The third kappa shape index (κ3) is 4.06. The zero-order chi connectivity index (χ0) is 14.5. The minimum absolute atomic E-state index is 0.00542. The fourth-order valence-electron chi connectivity index (χ4n) is 2.05. The third-order valence-corrected chi connectivity index (χ3v) is 3.62. The van der Waals surface area contributed by atoms with Crippen molar-refractivity contribution in [2.24, 2.45) is 5.92 Å². The Hall–Kier alpha value is -1.35. The number of carbonyl (C=O) groups is 1. The van der Waals surface area contributed by atoms with Gasteiger partial charge in [0.05, 0.1) is 5.41 Å². The molecule has 1 amide bonds. The van der Waals surface area contributed by atoms with E-state index in [-0.39, 0.29) is 18.6 Å². The van der Waals surface area contributed by atoms with E-state index in [1.165, 1.54) is 0 Å². The number of hydrogen-bond donors (Lipinski definition) is 2. The highest BCUT2D eigenvalue weighted by molar-refractivity contribution is 5.87. The summed E-state index contributed by atoms with van der Waals surface area (Å²) in [4.78, 5) is 12.5. The summed E-state index contributed by atoms with van der Waals surface area (Å²) in [6, 6.07) is 9.78. The number of nitrogens with one attached hydrogen (secondary N) is 1. The predicted octanol–water partition coefficient (Wildman–Crippen LogP) is 2.49. The topological polar surface area (TPSA) is 49.3 Å². The Balaban J connectivity index is 2.81. The van der Waals surface area contributed by atoms with Gasteiger partial charge in [-0.1, -0.05) is 44.2 Å². The first-order valence-electron chi connectivity index (χ1n) is 6.87. The maximum absolute atomic E-state index is 12.5. The number of rotatable bonds is 6. The molecule has 1 rings (SSSR count). The maximum Gasteiger partial charge on any atom is 0.230 e. The molecule has 0 saturated heterocycles. The molecule has 0 spiro atoms. The van der Waals surface area contributed by atoms with Crippen LogP contribution in [0.4, 0.5) is 0 Å². The summed E-state index contributed by atoms with van der Waals surface area (Å²) >= 11 is 0. The van der Waals surface area contributed by atoms with Crippen molar-refractivity contribution in [3.05, 3.63) is 35.9 Å². The second kappa shape index (κ2) is 6.71. The molecule has 1 unspecified atom stereocenters. The maximum atomic E-state index is 12.5. The molecule has 0 bridgehead atoms. The minimum atomic E-state index is -0.566. The van der Waals surface area contributed by atoms with E-state index in [0.29, 0.717) is 12.3 Å². The van der Waals surface area contributed by atoms with Crippen LogP contribution in [0.3, 0.4) is 0 Å². The number of aliphatic hydroxyl groups is 1. The second-order valence-corrected chi connectivity index (χ2v) is 5.83. The fraction of sp³-hybridized carbons (Fsp3) is 0.562. The highest BCUT2D eigenvalue weighted by Crippen LogP contribution is 2.23. The molecule has 106 valence electrons. The zero-order valence-corrected chi connectivity index (χ0v) is 12.3. The van der Waals surface area contributed by atoms with Crippen LogP contribution >= 0.6 is 0 Å². The summed E-state index contributed by atoms with van der Waals surface area (Å²) in [7, 11) is 0. The van der Waals surface area contributed by atoms with Crippen molar-refractivity contribution in [3.63, 3.8) is 0 Å². The summed E-state index contributed by atoms with van der Waals surface area (Å²) in [6.45, 7) is 8.04. The first kappa shape index (κ1) is 15.7. The molecule has 0 aliphatic rings. The van der Waals surface area contributed by atoms with Crippen LogP contribution in [0.2, 0.25) is 0 Å². The van der Waals surface area contributed by atoms with Crippen LogP contribution in [0, 0.1) is 5.92 Å². The molecule has 3 heteroatoms. The van der Waals surface area contributed by atoms with Crippen molar-refractivity contribution >= 4 is 5.91 Å². The molecule has 1 aromatic rings. The van der Waals surface area contributed by atoms with Gasteiger partial charge < -0.3 is 10.4 Å². The van der Waals surface area contributed by atoms with Gasteiger partial charge in [-0.3, -0.25) is 4.79 Å². The highest BCUT2D eigenvalue weighted by atomic mass is 16.3. The Kier molecular flexibility index (Phi) is 5.55.